The molecule has 3 atom stereocenters. The highest BCUT2D eigenvalue weighted by Crippen LogP contribution is 2.30. The van der Waals surface area contributed by atoms with Crippen LogP contribution in [0.5, 0.6) is 5.75 Å². The zero-order chi connectivity index (χ0) is 14.4. The van der Waals surface area contributed by atoms with E-state index < -0.39 is 0 Å². The van der Waals surface area contributed by atoms with Gasteiger partial charge in [-0.25, -0.2) is 0 Å². The standard InChI is InChI=1S/C18H29NO/c1-4-16(15-11-8-9-13-18(15)20-3)19-17-12-7-5-6-10-14(17)2/h8-9,11,13-14,16-17,19H,4-7,10,12H2,1-3H3. The van der Waals surface area contributed by atoms with Crippen molar-refractivity contribution in [2.45, 2.75) is 64.5 Å². The van der Waals surface area contributed by atoms with E-state index >= 15 is 0 Å². The first-order chi connectivity index (χ1) is 9.76. The van der Waals surface area contributed by atoms with Crippen LogP contribution in [0.3, 0.4) is 0 Å². The van der Waals surface area contributed by atoms with Crippen molar-refractivity contribution >= 4 is 0 Å². The van der Waals surface area contributed by atoms with Gasteiger partial charge in [-0.2, -0.15) is 0 Å². The van der Waals surface area contributed by atoms with Gasteiger partial charge in [-0.3, -0.25) is 0 Å². The predicted octanol–water partition coefficient (Wildman–Crippen LogP) is 4.70. The highest BCUT2D eigenvalue weighted by atomic mass is 16.5. The highest BCUT2D eigenvalue weighted by Gasteiger charge is 2.23. The molecule has 0 saturated heterocycles. The van der Waals surface area contributed by atoms with Crippen molar-refractivity contribution in [2.24, 2.45) is 5.92 Å². The van der Waals surface area contributed by atoms with Crippen LogP contribution >= 0.6 is 0 Å². The third-order valence-electron chi connectivity index (χ3n) is 4.70. The SMILES string of the molecule is CCC(NC1CCCCCC1C)c1ccccc1OC. The molecule has 1 N–H and O–H groups in total. The molecule has 2 nitrogen and oxygen atoms in total. The number of para-hydroxylation sites is 1. The molecule has 1 aliphatic carbocycles. The maximum Gasteiger partial charge on any atom is 0.123 e. The third kappa shape index (κ3) is 3.76. The average molecular weight is 275 g/mol. The summed E-state index contributed by atoms with van der Waals surface area (Å²) < 4.78 is 5.53. The van der Waals surface area contributed by atoms with Crippen LogP contribution in [0, 0.1) is 5.92 Å². The Labute approximate surface area is 123 Å². The summed E-state index contributed by atoms with van der Waals surface area (Å²) in [6.45, 7) is 4.66. The first-order valence-corrected chi connectivity index (χ1v) is 8.15. The van der Waals surface area contributed by atoms with Crippen LogP contribution in [0.15, 0.2) is 24.3 Å². The Kier molecular flexibility index (Phi) is 5.90. The Balaban J connectivity index is 2.11. The van der Waals surface area contributed by atoms with Crippen LogP contribution in [0.2, 0.25) is 0 Å². The van der Waals surface area contributed by atoms with Crippen LogP contribution in [0.1, 0.15) is 64.0 Å². The van der Waals surface area contributed by atoms with Crippen molar-refractivity contribution in [3.8, 4) is 5.75 Å². The van der Waals surface area contributed by atoms with Crippen molar-refractivity contribution in [2.75, 3.05) is 7.11 Å². The fourth-order valence-corrected chi connectivity index (χ4v) is 3.38. The lowest BCUT2D eigenvalue weighted by Crippen LogP contribution is -2.37. The quantitative estimate of drug-likeness (QED) is 0.786. The second-order valence-electron chi connectivity index (χ2n) is 6.09. The lowest BCUT2D eigenvalue weighted by molar-refractivity contribution is 0.311. The predicted molar refractivity (Wildman–Crippen MR) is 85.2 cm³/mol. The van der Waals surface area contributed by atoms with Gasteiger partial charge in [0.15, 0.2) is 0 Å². The second-order valence-corrected chi connectivity index (χ2v) is 6.09. The summed E-state index contributed by atoms with van der Waals surface area (Å²) in [6, 6.07) is 9.46. The van der Waals surface area contributed by atoms with Gasteiger partial charge < -0.3 is 10.1 Å². The molecule has 0 radical (unpaired) electrons. The van der Waals surface area contributed by atoms with Crippen molar-refractivity contribution in [1.82, 2.24) is 5.32 Å². The Morgan fingerprint density at radius 1 is 1.20 bits per heavy atom. The van der Waals surface area contributed by atoms with Gasteiger partial charge in [0.1, 0.15) is 5.75 Å². The molecule has 3 unspecified atom stereocenters. The molecular weight excluding hydrogens is 246 g/mol. The summed E-state index contributed by atoms with van der Waals surface area (Å²) in [4.78, 5) is 0. The number of methoxy groups -OCH3 is 1. The second kappa shape index (κ2) is 7.68. The Morgan fingerprint density at radius 3 is 2.70 bits per heavy atom. The van der Waals surface area contributed by atoms with Crippen LogP contribution < -0.4 is 10.1 Å². The summed E-state index contributed by atoms with van der Waals surface area (Å²) in [5.74, 6) is 1.79. The molecule has 1 aromatic carbocycles. The topological polar surface area (TPSA) is 21.3 Å². The van der Waals surface area contributed by atoms with E-state index in [0.717, 1.165) is 18.1 Å². The summed E-state index contributed by atoms with van der Waals surface area (Å²) in [5.41, 5.74) is 1.30. The molecule has 0 aliphatic heterocycles. The number of rotatable bonds is 5. The van der Waals surface area contributed by atoms with Crippen molar-refractivity contribution in [3.05, 3.63) is 29.8 Å². The molecule has 2 heteroatoms. The van der Waals surface area contributed by atoms with Crippen LogP contribution in [-0.2, 0) is 0 Å². The monoisotopic (exact) mass is 275 g/mol. The molecule has 112 valence electrons. The Hall–Kier alpha value is -1.02. The van der Waals surface area contributed by atoms with E-state index in [1.165, 1.54) is 37.7 Å². The molecule has 1 fully saturated rings. The summed E-state index contributed by atoms with van der Waals surface area (Å²) >= 11 is 0. The van der Waals surface area contributed by atoms with Crippen molar-refractivity contribution in [3.63, 3.8) is 0 Å². The van der Waals surface area contributed by atoms with E-state index in [0.29, 0.717) is 12.1 Å². The summed E-state index contributed by atoms with van der Waals surface area (Å²) in [6.07, 6.45) is 7.93. The molecule has 1 saturated carbocycles. The minimum absolute atomic E-state index is 0.400. The molecule has 0 amide bonds. The molecule has 2 rings (SSSR count). The summed E-state index contributed by atoms with van der Waals surface area (Å²) in [5, 5.41) is 3.91. The van der Waals surface area contributed by atoms with E-state index in [9.17, 15) is 0 Å². The Morgan fingerprint density at radius 2 is 1.95 bits per heavy atom. The number of hydrogen-bond donors (Lipinski definition) is 1. The van der Waals surface area contributed by atoms with Gasteiger partial charge in [0, 0.05) is 17.6 Å². The zero-order valence-electron chi connectivity index (χ0n) is 13.2. The van der Waals surface area contributed by atoms with Gasteiger partial charge in [-0.15, -0.1) is 0 Å². The van der Waals surface area contributed by atoms with Gasteiger partial charge in [0.05, 0.1) is 7.11 Å². The maximum absolute atomic E-state index is 5.53. The minimum atomic E-state index is 0.400. The molecule has 20 heavy (non-hydrogen) atoms. The summed E-state index contributed by atoms with van der Waals surface area (Å²) in [7, 11) is 1.76. The van der Waals surface area contributed by atoms with Crippen LogP contribution in [-0.4, -0.2) is 13.2 Å². The third-order valence-corrected chi connectivity index (χ3v) is 4.70. The van der Waals surface area contributed by atoms with Gasteiger partial charge in [-0.05, 0) is 31.2 Å². The molecule has 0 bridgehead atoms. The van der Waals surface area contributed by atoms with E-state index in [2.05, 4.69) is 37.4 Å². The van der Waals surface area contributed by atoms with Crippen molar-refractivity contribution < 1.29 is 4.74 Å². The minimum Gasteiger partial charge on any atom is -0.496 e. The number of nitrogens with one attached hydrogen (secondary N) is 1. The van der Waals surface area contributed by atoms with Gasteiger partial charge in [0.2, 0.25) is 0 Å². The zero-order valence-corrected chi connectivity index (χ0v) is 13.2. The number of benzene rings is 1. The molecule has 1 aromatic rings. The lowest BCUT2D eigenvalue weighted by Gasteiger charge is -2.29. The number of ether oxygens (including phenoxy) is 1. The van der Waals surface area contributed by atoms with Gasteiger partial charge in [-0.1, -0.05) is 51.3 Å². The number of hydrogen-bond acceptors (Lipinski definition) is 2. The van der Waals surface area contributed by atoms with Crippen molar-refractivity contribution in [1.29, 1.82) is 0 Å². The first-order valence-electron chi connectivity index (χ1n) is 8.15. The highest BCUT2D eigenvalue weighted by molar-refractivity contribution is 5.35. The van der Waals surface area contributed by atoms with E-state index in [1.54, 1.807) is 7.11 Å². The fraction of sp³-hybridized carbons (Fsp3) is 0.667. The van der Waals surface area contributed by atoms with E-state index in [1.807, 2.05) is 6.07 Å². The smallest absolute Gasteiger partial charge is 0.123 e. The molecule has 0 spiro atoms. The normalized spacial score (nSPS) is 24.9. The van der Waals surface area contributed by atoms with Crippen LogP contribution in [0.25, 0.3) is 0 Å². The lowest BCUT2D eigenvalue weighted by atomic mass is 9.94. The average Bonchev–Trinajstić information content (AvgIpc) is 2.69. The van der Waals surface area contributed by atoms with Crippen LogP contribution in [0.4, 0.5) is 0 Å². The largest absolute Gasteiger partial charge is 0.496 e. The molecule has 0 heterocycles. The van der Waals surface area contributed by atoms with E-state index in [4.69, 9.17) is 4.74 Å². The van der Waals surface area contributed by atoms with Gasteiger partial charge in [0.25, 0.3) is 0 Å². The molecule has 1 aliphatic rings. The molecular formula is C18H29NO. The van der Waals surface area contributed by atoms with E-state index in [-0.39, 0.29) is 0 Å². The Bertz CT molecular complexity index is 404. The first kappa shape index (κ1) is 15.4. The molecule has 0 aromatic heterocycles. The maximum atomic E-state index is 5.53. The fourth-order valence-electron chi connectivity index (χ4n) is 3.38. The van der Waals surface area contributed by atoms with Gasteiger partial charge >= 0.3 is 0 Å².